The molecule has 7 heteroatoms. The summed E-state index contributed by atoms with van der Waals surface area (Å²) >= 11 is 0. The molecule has 3 aliphatic rings. The van der Waals surface area contributed by atoms with Crippen LogP contribution >= 0.6 is 0 Å². The quantitative estimate of drug-likeness (QED) is 0.682. The predicted molar refractivity (Wildman–Crippen MR) is 133 cm³/mol. The minimum absolute atomic E-state index is 0.0737. The lowest BCUT2D eigenvalue weighted by molar-refractivity contribution is -0.139. The number of rotatable bonds is 4. The highest BCUT2D eigenvalue weighted by Gasteiger charge is 2.42. The van der Waals surface area contributed by atoms with Crippen molar-refractivity contribution in [2.24, 2.45) is 11.8 Å². The smallest absolute Gasteiger partial charge is 0.253 e. The van der Waals surface area contributed by atoms with Crippen molar-refractivity contribution in [3.63, 3.8) is 0 Å². The molecular weight excluding hydrogens is 442 g/mol. The fraction of sp³-hybridized carbons (Fsp3) is 0.393. The van der Waals surface area contributed by atoms with Gasteiger partial charge in [-0.2, -0.15) is 0 Å². The molecule has 2 atom stereocenters. The van der Waals surface area contributed by atoms with Crippen LogP contribution in [0, 0.1) is 25.7 Å². The van der Waals surface area contributed by atoms with E-state index in [1.54, 1.807) is 24.3 Å². The van der Waals surface area contributed by atoms with Crippen molar-refractivity contribution in [2.45, 2.75) is 45.6 Å². The minimum atomic E-state index is -0.357. The fourth-order valence-electron chi connectivity index (χ4n) is 5.13. The maximum Gasteiger partial charge on any atom is 0.253 e. The van der Waals surface area contributed by atoms with E-state index in [0.717, 1.165) is 29.7 Å². The number of benzene rings is 2. The Morgan fingerprint density at radius 1 is 0.971 bits per heavy atom. The van der Waals surface area contributed by atoms with Crippen LogP contribution in [0.1, 0.15) is 47.2 Å². The van der Waals surface area contributed by atoms with Crippen LogP contribution < -0.4 is 15.2 Å². The molecule has 35 heavy (non-hydrogen) atoms. The van der Waals surface area contributed by atoms with Crippen molar-refractivity contribution in [3.05, 3.63) is 71.3 Å². The average Bonchev–Trinajstić information content (AvgIpc) is 2.88. The molecule has 2 aromatic carbocycles. The van der Waals surface area contributed by atoms with E-state index in [0.29, 0.717) is 37.2 Å². The van der Waals surface area contributed by atoms with E-state index in [4.69, 9.17) is 4.74 Å². The highest BCUT2D eigenvalue weighted by molar-refractivity contribution is 6.05. The lowest BCUT2D eigenvalue weighted by atomic mass is 9.80. The Morgan fingerprint density at radius 3 is 2.49 bits per heavy atom. The fourth-order valence-corrected chi connectivity index (χ4v) is 5.13. The van der Waals surface area contributed by atoms with Crippen molar-refractivity contribution in [2.75, 3.05) is 18.1 Å². The van der Waals surface area contributed by atoms with Gasteiger partial charge in [-0.15, -0.1) is 0 Å². The Kier molecular flexibility index (Phi) is 6.32. The average molecular weight is 474 g/mol. The molecule has 0 spiro atoms. The van der Waals surface area contributed by atoms with Gasteiger partial charge in [-0.3, -0.25) is 19.8 Å². The van der Waals surface area contributed by atoms with Crippen molar-refractivity contribution < 1.29 is 19.1 Å². The SMILES string of the molecule is Cc1ccc(C)c(OC2CCN(C(=O)c3cccc(N4NC(=O)C5CC=CCC5C4=O)c3)CC2)c1. The molecule has 1 aliphatic carbocycles. The highest BCUT2D eigenvalue weighted by Crippen LogP contribution is 2.33. The Hall–Kier alpha value is -3.61. The van der Waals surface area contributed by atoms with Gasteiger partial charge in [0.2, 0.25) is 11.8 Å². The highest BCUT2D eigenvalue weighted by atomic mass is 16.5. The molecule has 7 nitrogen and oxygen atoms in total. The summed E-state index contributed by atoms with van der Waals surface area (Å²) < 4.78 is 6.24. The van der Waals surface area contributed by atoms with Crippen molar-refractivity contribution in [1.82, 2.24) is 10.3 Å². The monoisotopic (exact) mass is 473 g/mol. The molecule has 2 aliphatic heterocycles. The Balaban J connectivity index is 1.24. The summed E-state index contributed by atoms with van der Waals surface area (Å²) in [6.45, 7) is 5.30. The first-order chi connectivity index (χ1) is 16.9. The number of piperidine rings is 1. The molecule has 3 amide bonds. The predicted octanol–water partition coefficient (Wildman–Crippen LogP) is 3.95. The number of hydrogen-bond acceptors (Lipinski definition) is 4. The second-order valence-electron chi connectivity index (χ2n) is 9.73. The second-order valence-corrected chi connectivity index (χ2v) is 9.73. The molecule has 2 saturated heterocycles. The third-order valence-electron chi connectivity index (χ3n) is 7.25. The molecule has 2 heterocycles. The summed E-state index contributed by atoms with van der Waals surface area (Å²) in [6, 6.07) is 13.2. The number of nitrogens with one attached hydrogen (secondary N) is 1. The maximum absolute atomic E-state index is 13.3. The van der Waals surface area contributed by atoms with Gasteiger partial charge >= 0.3 is 0 Å². The van der Waals surface area contributed by atoms with Crippen LogP contribution in [0.15, 0.2) is 54.6 Å². The van der Waals surface area contributed by atoms with Crippen LogP contribution in [-0.2, 0) is 9.59 Å². The van der Waals surface area contributed by atoms with Crippen molar-refractivity contribution in [3.8, 4) is 5.75 Å². The van der Waals surface area contributed by atoms with Crippen molar-refractivity contribution >= 4 is 23.4 Å². The van der Waals surface area contributed by atoms with Gasteiger partial charge in [-0.25, -0.2) is 5.01 Å². The van der Waals surface area contributed by atoms with Gasteiger partial charge in [0.1, 0.15) is 11.9 Å². The summed E-state index contributed by atoms with van der Waals surface area (Å²) in [4.78, 5) is 40.8. The molecule has 1 N–H and O–H groups in total. The number of carbonyl (C=O) groups excluding carboxylic acids is 3. The van der Waals surface area contributed by atoms with Crippen LogP contribution in [0.4, 0.5) is 5.69 Å². The number of likely N-dealkylation sites (tertiary alicyclic amines) is 1. The zero-order valence-corrected chi connectivity index (χ0v) is 20.2. The van der Waals surface area contributed by atoms with Gasteiger partial charge in [0.15, 0.2) is 0 Å². The topological polar surface area (TPSA) is 79.0 Å². The number of anilines is 1. The van der Waals surface area contributed by atoms with E-state index in [9.17, 15) is 14.4 Å². The summed E-state index contributed by atoms with van der Waals surface area (Å²) in [7, 11) is 0. The Morgan fingerprint density at radius 2 is 1.71 bits per heavy atom. The lowest BCUT2D eigenvalue weighted by Crippen LogP contribution is -2.59. The number of aryl methyl sites for hydroxylation is 2. The van der Waals surface area contributed by atoms with E-state index < -0.39 is 0 Å². The maximum atomic E-state index is 13.3. The molecule has 0 bridgehead atoms. The van der Waals surface area contributed by atoms with E-state index in [1.165, 1.54) is 5.01 Å². The van der Waals surface area contributed by atoms with Gasteiger partial charge in [0, 0.05) is 31.5 Å². The number of fused-ring (bicyclic) bond motifs is 1. The lowest BCUT2D eigenvalue weighted by Gasteiger charge is -2.38. The first-order valence-electron chi connectivity index (χ1n) is 12.3. The first-order valence-corrected chi connectivity index (χ1v) is 12.3. The zero-order chi connectivity index (χ0) is 24.5. The van der Waals surface area contributed by atoms with Crippen LogP contribution in [0.5, 0.6) is 5.75 Å². The van der Waals surface area contributed by atoms with Crippen LogP contribution in [-0.4, -0.2) is 41.8 Å². The molecule has 0 saturated carbocycles. The number of hydrazine groups is 1. The largest absolute Gasteiger partial charge is 0.490 e. The van der Waals surface area contributed by atoms with Gasteiger partial charge in [0.25, 0.3) is 5.91 Å². The number of hydrogen-bond donors (Lipinski definition) is 1. The number of ether oxygens (including phenoxy) is 1. The molecule has 2 aromatic rings. The molecule has 5 rings (SSSR count). The molecule has 182 valence electrons. The third kappa shape index (κ3) is 4.67. The molecule has 0 aromatic heterocycles. The van der Waals surface area contributed by atoms with Crippen LogP contribution in [0.2, 0.25) is 0 Å². The number of nitrogens with zero attached hydrogens (tertiary/aromatic N) is 2. The van der Waals surface area contributed by atoms with Gasteiger partial charge in [-0.05, 0) is 62.1 Å². The van der Waals surface area contributed by atoms with E-state index in [2.05, 4.69) is 30.5 Å². The number of allylic oxidation sites excluding steroid dienone is 2. The van der Waals surface area contributed by atoms with Crippen molar-refractivity contribution in [1.29, 1.82) is 0 Å². The van der Waals surface area contributed by atoms with Gasteiger partial charge in [-0.1, -0.05) is 30.4 Å². The minimum Gasteiger partial charge on any atom is -0.490 e. The molecular formula is C28H31N3O4. The van der Waals surface area contributed by atoms with E-state index in [1.807, 2.05) is 24.0 Å². The van der Waals surface area contributed by atoms with E-state index in [-0.39, 0.29) is 35.7 Å². The second kappa shape index (κ2) is 9.56. The molecule has 2 unspecified atom stereocenters. The third-order valence-corrected chi connectivity index (χ3v) is 7.25. The summed E-state index contributed by atoms with van der Waals surface area (Å²) in [5, 5.41) is 1.31. The zero-order valence-electron chi connectivity index (χ0n) is 20.2. The number of carbonyl (C=O) groups is 3. The summed E-state index contributed by atoms with van der Waals surface area (Å²) in [6.07, 6.45) is 6.65. The standard InChI is InChI=1S/C28H31N3O4/c1-18-10-11-19(2)25(16-18)35-22-12-14-30(15-13-22)27(33)20-6-5-7-21(17-20)31-28(34)24-9-4-3-8-23(24)26(32)29-31/h3-7,10-11,16-17,22-24H,8-9,12-15H2,1-2H3,(H,29,32). The number of amides is 3. The van der Waals surface area contributed by atoms with Crippen LogP contribution in [0.25, 0.3) is 0 Å². The summed E-state index contributed by atoms with van der Waals surface area (Å²) in [5.41, 5.74) is 6.02. The molecule has 0 radical (unpaired) electrons. The van der Waals surface area contributed by atoms with Gasteiger partial charge in [0.05, 0.1) is 17.5 Å². The summed E-state index contributed by atoms with van der Waals surface area (Å²) in [5.74, 6) is -0.128. The van der Waals surface area contributed by atoms with Crippen LogP contribution in [0.3, 0.4) is 0 Å². The Labute approximate surface area is 205 Å². The molecule has 2 fully saturated rings. The van der Waals surface area contributed by atoms with Gasteiger partial charge < -0.3 is 9.64 Å². The first kappa shape index (κ1) is 23.1. The Bertz CT molecular complexity index is 1180. The normalized spacial score (nSPS) is 22.6. The van der Waals surface area contributed by atoms with E-state index >= 15 is 0 Å².